The van der Waals surface area contributed by atoms with Crippen LogP contribution in [0.5, 0.6) is 0 Å². The molecule has 0 spiro atoms. The van der Waals surface area contributed by atoms with E-state index in [9.17, 15) is 4.79 Å². The van der Waals surface area contributed by atoms with Gasteiger partial charge in [-0.05, 0) is 36.6 Å². The zero-order chi connectivity index (χ0) is 15.1. The van der Waals surface area contributed by atoms with Gasteiger partial charge in [-0.3, -0.25) is 4.79 Å². The number of nitrogens with zero attached hydrogens (tertiary/aromatic N) is 1. The number of carbonyl (C=O) groups is 1. The smallest absolute Gasteiger partial charge is 0.220 e. The molecule has 0 unspecified atom stereocenters. The molecule has 0 aliphatic rings. The van der Waals surface area contributed by atoms with E-state index in [1.54, 1.807) is 12.1 Å². The maximum absolute atomic E-state index is 11.8. The number of nitrogens with one attached hydrogen (secondary N) is 1. The lowest BCUT2D eigenvalue weighted by Crippen LogP contribution is -2.22. The predicted molar refractivity (Wildman–Crippen MR) is 82.5 cm³/mol. The van der Waals surface area contributed by atoms with Gasteiger partial charge in [0.05, 0.1) is 11.6 Å². The van der Waals surface area contributed by atoms with Gasteiger partial charge in [0.15, 0.2) is 0 Å². The summed E-state index contributed by atoms with van der Waals surface area (Å²) < 4.78 is 0. The summed E-state index contributed by atoms with van der Waals surface area (Å²) >= 11 is 0. The highest BCUT2D eigenvalue weighted by atomic mass is 16.1. The minimum Gasteiger partial charge on any atom is -0.352 e. The van der Waals surface area contributed by atoms with Gasteiger partial charge in [-0.2, -0.15) is 5.26 Å². The number of amides is 1. The molecule has 2 rings (SSSR count). The molecule has 2 aromatic carbocycles. The van der Waals surface area contributed by atoms with Crippen molar-refractivity contribution in [2.24, 2.45) is 0 Å². The van der Waals surface area contributed by atoms with Gasteiger partial charge in [0.1, 0.15) is 0 Å². The third-order valence-corrected chi connectivity index (χ3v) is 3.30. The maximum Gasteiger partial charge on any atom is 0.220 e. The fourth-order valence-corrected chi connectivity index (χ4v) is 2.11. The number of hydrogen-bond acceptors (Lipinski definition) is 2. The number of benzene rings is 2. The van der Waals surface area contributed by atoms with Crippen molar-refractivity contribution in [2.45, 2.75) is 26.3 Å². The number of nitriles is 1. The van der Waals surface area contributed by atoms with Gasteiger partial charge in [-0.1, -0.05) is 42.0 Å². The average Bonchev–Trinajstić information content (AvgIpc) is 2.51. The van der Waals surface area contributed by atoms with E-state index in [2.05, 4.69) is 30.4 Å². The van der Waals surface area contributed by atoms with Crippen LogP contribution < -0.4 is 5.32 Å². The van der Waals surface area contributed by atoms with Crippen molar-refractivity contribution in [3.8, 4) is 6.07 Å². The fraction of sp³-hybridized carbons (Fsp3) is 0.222. The Morgan fingerprint density at radius 1 is 1.14 bits per heavy atom. The van der Waals surface area contributed by atoms with Crippen molar-refractivity contribution in [3.63, 3.8) is 0 Å². The van der Waals surface area contributed by atoms with E-state index >= 15 is 0 Å². The molecule has 0 saturated heterocycles. The summed E-state index contributed by atoms with van der Waals surface area (Å²) in [5.41, 5.74) is 4.02. The second-order valence-electron chi connectivity index (χ2n) is 5.07. The lowest BCUT2D eigenvalue weighted by molar-refractivity contribution is -0.121. The first kappa shape index (κ1) is 14.8. The van der Waals surface area contributed by atoms with Crippen LogP contribution in [0.25, 0.3) is 0 Å². The SMILES string of the molecule is Cc1cccc(CCC(=O)NCc2ccc(C#N)cc2)c1. The minimum atomic E-state index is 0.0425. The Morgan fingerprint density at radius 3 is 2.57 bits per heavy atom. The van der Waals surface area contributed by atoms with Crippen LogP contribution in [0.1, 0.15) is 28.7 Å². The number of hydrogen-bond donors (Lipinski definition) is 1. The van der Waals surface area contributed by atoms with E-state index in [0.29, 0.717) is 18.5 Å². The van der Waals surface area contributed by atoms with Crippen molar-refractivity contribution in [2.75, 3.05) is 0 Å². The summed E-state index contributed by atoms with van der Waals surface area (Å²) in [7, 11) is 0. The Morgan fingerprint density at radius 2 is 1.90 bits per heavy atom. The molecule has 0 aliphatic heterocycles. The summed E-state index contributed by atoms with van der Waals surface area (Å²) in [5.74, 6) is 0.0425. The van der Waals surface area contributed by atoms with E-state index in [1.807, 2.05) is 24.3 Å². The van der Waals surface area contributed by atoms with Crippen molar-refractivity contribution >= 4 is 5.91 Å². The standard InChI is InChI=1S/C18H18N2O/c1-14-3-2-4-15(11-14)9-10-18(21)20-13-17-7-5-16(12-19)6-8-17/h2-8,11H,9-10,13H2,1H3,(H,20,21). The van der Waals surface area contributed by atoms with Crippen LogP contribution in [-0.2, 0) is 17.8 Å². The molecule has 0 radical (unpaired) electrons. The summed E-state index contributed by atoms with van der Waals surface area (Å²) in [6.45, 7) is 2.55. The van der Waals surface area contributed by atoms with E-state index in [4.69, 9.17) is 5.26 Å². The predicted octanol–water partition coefficient (Wildman–Crippen LogP) is 3.12. The fourth-order valence-electron chi connectivity index (χ4n) is 2.11. The van der Waals surface area contributed by atoms with Crippen LogP contribution in [-0.4, -0.2) is 5.91 Å². The first-order chi connectivity index (χ1) is 10.2. The molecule has 3 heteroatoms. The Kier molecular flexibility index (Phi) is 5.11. The summed E-state index contributed by atoms with van der Waals surface area (Å²) in [6, 6.07) is 17.5. The van der Waals surface area contributed by atoms with Gasteiger partial charge >= 0.3 is 0 Å². The molecule has 0 atom stereocenters. The van der Waals surface area contributed by atoms with Gasteiger partial charge in [-0.15, -0.1) is 0 Å². The highest BCUT2D eigenvalue weighted by Gasteiger charge is 2.03. The number of carbonyl (C=O) groups excluding carboxylic acids is 1. The van der Waals surface area contributed by atoms with Crippen LogP contribution in [0.4, 0.5) is 0 Å². The first-order valence-electron chi connectivity index (χ1n) is 6.98. The molecule has 0 bridgehead atoms. The Labute approximate surface area is 125 Å². The van der Waals surface area contributed by atoms with Gasteiger partial charge < -0.3 is 5.32 Å². The van der Waals surface area contributed by atoms with Crippen LogP contribution in [0, 0.1) is 18.3 Å². The third kappa shape index (κ3) is 4.77. The molecule has 21 heavy (non-hydrogen) atoms. The second kappa shape index (κ2) is 7.25. The van der Waals surface area contributed by atoms with E-state index in [0.717, 1.165) is 12.0 Å². The molecule has 1 N–H and O–H groups in total. The molecule has 0 saturated carbocycles. The average molecular weight is 278 g/mol. The normalized spacial score (nSPS) is 9.90. The molecule has 0 fully saturated rings. The topological polar surface area (TPSA) is 52.9 Å². The highest BCUT2D eigenvalue weighted by molar-refractivity contribution is 5.76. The second-order valence-corrected chi connectivity index (χ2v) is 5.07. The molecule has 2 aromatic rings. The molecule has 0 heterocycles. The number of aryl methyl sites for hydroxylation is 2. The van der Waals surface area contributed by atoms with E-state index in [-0.39, 0.29) is 5.91 Å². The van der Waals surface area contributed by atoms with Crippen LogP contribution in [0.3, 0.4) is 0 Å². The van der Waals surface area contributed by atoms with E-state index < -0.39 is 0 Å². The first-order valence-corrected chi connectivity index (χ1v) is 6.98. The lowest BCUT2D eigenvalue weighted by atomic mass is 10.1. The van der Waals surface area contributed by atoms with Crippen LogP contribution >= 0.6 is 0 Å². The van der Waals surface area contributed by atoms with Crippen molar-refractivity contribution in [1.82, 2.24) is 5.32 Å². The van der Waals surface area contributed by atoms with E-state index in [1.165, 1.54) is 11.1 Å². The highest BCUT2D eigenvalue weighted by Crippen LogP contribution is 2.07. The van der Waals surface area contributed by atoms with Gasteiger partial charge in [0.25, 0.3) is 0 Å². The lowest BCUT2D eigenvalue weighted by Gasteiger charge is -2.06. The third-order valence-electron chi connectivity index (χ3n) is 3.30. The molecule has 0 aliphatic carbocycles. The van der Waals surface area contributed by atoms with Gasteiger partial charge in [0, 0.05) is 13.0 Å². The monoisotopic (exact) mass is 278 g/mol. The van der Waals surface area contributed by atoms with Gasteiger partial charge in [0.2, 0.25) is 5.91 Å². The Bertz CT molecular complexity index is 654. The molecular weight excluding hydrogens is 260 g/mol. The quantitative estimate of drug-likeness (QED) is 0.913. The molecule has 3 nitrogen and oxygen atoms in total. The van der Waals surface area contributed by atoms with Gasteiger partial charge in [-0.25, -0.2) is 0 Å². The largest absolute Gasteiger partial charge is 0.352 e. The Balaban J connectivity index is 1.78. The summed E-state index contributed by atoms with van der Waals surface area (Å²) in [5, 5.41) is 11.6. The molecule has 0 aromatic heterocycles. The summed E-state index contributed by atoms with van der Waals surface area (Å²) in [6.07, 6.45) is 1.24. The van der Waals surface area contributed by atoms with Crippen molar-refractivity contribution in [1.29, 1.82) is 5.26 Å². The van der Waals surface area contributed by atoms with Crippen LogP contribution in [0.2, 0.25) is 0 Å². The molecular formula is C18H18N2O. The maximum atomic E-state index is 11.8. The Hall–Kier alpha value is -2.60. The van der Waals surface area contributed by atoms with Crippen molar-refractivity contribution in [3.05, 3.63) is 70.8 Å². The van der Waals surface area contributed by atoms with Crippen molar-refractivity contribution < 1.29 is 4.79 Å². The molecule has 106 valence electrons. The zero-order valence-corrected chi connectivity index (χ0v) is 12.1. The molecule has 1 amide bonds. The summed E-state index contributed by atoms with van der Waals surface area (Å²) in [4.78, 5) is 11.8. The van der Waals surface area contributed by atoms with Crippen LogP contribution in [0.15, 0.2) is 48.5 Å². The number of rotatable bonds is 5. The zero-order valence-electron chi connectivity index (χ0n) is 12.1. The minimum absolute atomic E-state index is 0.0425.